The van der Waals surface area contributed by atoms with E-state index in [0.717, 1.165) is 47.8 Å². The Hall–Kier alpha value is -1.56. The third-order valence-electron chi connectivity index (χ3n) is 10.4. The van der Waals surface area contributed by atoms with Crippen molar-refractivity contribution >= 4 is 0 Å². The van der Waals surface area contributed by atoms with E-state index < -0.39 is 0 Å². The summed E-state index contributed by atoms with van der Waals surface area (Å²) in [6.07, 6.45) is 32.8. The molecule has 3 aliphatic carbocycles. The fraction of sp³-hybridized carbons (Fsp3) is 0.714. The van der Waals surface area contributed by atoms with E-state index >= 15 is 0 Å². The second-order valence-electron chi connectivity index (χ2n) is 15.0. The maximum atomic E-state index is 4.24. The Morgan fingerprint density at radius 1 is 0.810 bits per heavy atom. The summed E-state index contributed by atoms with van der Waals surface area (Å²) in [5, 5.41) is 0. The summed E-state index contributed by atoms with van der Waals surface area (Å²) in [4.78, 5) is 0. The molecule has 0 radical (unpaired) electrons. The van der Waals surface area contributed by atoms with Gasteiger partial charge in [0.15, 0.2) is 0 Å². The minimum Gasteiger partial charge on any atom is -0.103 e. The summed E-state index contributed by atoms with van der Waals surface area (Å²) in [6, 6.07) is 0. The molecular weight excluding hydrogens is 504 g/mol. The molecule has 0 N–H and O–H groups in total. The highest BCUT2D eigenvalue weighted by atomic mass is 14.4. The molecular formula is C42H72. The monoisotopic (exact) mass is 577 g/mol. The molecule has 0 saturated heterocycles. The van der Waals surface area contributed by atoms with Gasteiger partial charge in [-0.3, -0.25) is 0 Å². The zero-order valence-electron chi connectivity index (χ0n) is 29.6. The minimum atomic E-state index is 0.679. The van der Waals surface area contributed by atoms with E-state index in [4.69, 9.17) is 0 Å². The van der Waals surface area contributed by atoms with Gasteiger partial charge >= 0.3 is 0 Å². The first-order chi connectivity index (χ1) is 20.0. The van der Waals surface area contributed by atoms with E-state index in [-0.39, 0.29) is 0 Å². The van der Waals surface area contributed by atoms with Crippen LogP contribution in [0.2, 0.25) is 0 Å². The van der Waals surface area contributed by atoms with E-state index in [9.17, 15) is 0 Å². The maximum absolute atomic E-state index is 4.24. The molecule has 0 aliphatic heterocycles. The molecule has 0 heteroatoms. The minimum absolute atomic E-state index is 0.679. The third kappa shape index (κ3) is 15.8. The fourth-order valence-electron chi connectivity index (χ4n) is 7.04. The van der Waals surface area contributed by atoms with Gasteiger partial charge in [0.2, 0.25) is 0 Å². The van der Waals surface area contributed by atoms with Gasteiger partial charge in [0, 0.05) is 0 Å². The Bertz CT molecular complexity index is 830. The van der Waals surface area contributed by atoms with Crippen LogP contribution >= 0.6 is 0 Å². The Morgan fingerprint density at radius 2 is 1.50 bits per heavy atom. The summed E-state index contributed by atoms with van der Waals surface area (Å²) in [5.74, 6) is 7.77. The lowest BCUT2D eigenvalue weighted by molar-refractivity contribution is 0.204. The lowest BCUT2D eigenvalue weighted by Gasteiger charge is -2.34. The molecule has 3 saturated carbocycles. The zero-order chi connectivity index (χ0) is 31.5. The van der Waals surface area contributed by atoms with Gasteiger partial charge < -0.3 is 0 Å². The van der Waals surface area contributed by atoms with Crippen molar-refractivity contribution in [3.63, 3.8) is 0 Å². The molecule has 0 amide bonds. The van der Waals surface area contributed by atoms with Gasteiger partial charge in [-0.15, -0.1) is 13.2 Å². The molecule has 6 unspecified atom stereocenters. The highest BCUT2D eigenvalue weighted by Crippen LogP contribution is 2.47. The van der Waals surface area contributed by atoms with Crippen LogP contribution in [0.1, 0.15) is 139 Å². The van der Waals surface area contributed by atoms with Crippen LogP contribution in [-0.2, 0) is 0 Å². The lowest BCUT2D eigenvalue weighted by atomic mass is 9.71. The molecule has 0 heterocycles. The zero-order valence-corrected chi connectivity index (χ0v) is 29.6. The van der Waals surface area contributed by atoms with Gasteiger partial charge in [0.05, 0.1) is 0 Å². The predicted octanol–water partition coefficient (Wildman–Crippen LogP) is 13.7. The molecule has 3 fully saturated rings. The van der Waals surface area contributed by atoms with Crippen LogP contribution in [0.3, 0.4) is 0 Å². The molecule has 0 bridgehead atoms. The fourth-order valence-corrected chi connectivity index (χ4v) is 7.04. The topological polar surface area (TPSA) is 0 Å². The van der Waals surface area contributed by atoms with Crippen molar-refractivity contribution in [1.82, 2.24) is 0 Å². The maximum Gasteiger partial charge on any atom is -0.0171 e. The Kier molecular flexibility index (Phi) is 20.2. The molecule has 240 valence electrons. The Morgan fingerprint density at radius 3 is 2.10 bits per heavy atom. The summed E-state index contributed by atoms with van der Waals surface area (Å²) in [6.45, 7) is 30.3. The second-order valence-corrected chi connectivity index (χ2v) is 15.0. The summed E-state index contributed by atoms with van der Waals surface area (Å²) < 4.78 is 0. The molecule has 0 aromatic heterocycles. The van der Waals surface area contributed by atoms with Gasteiger partial charge in [0.1, 0.15) is 0 Å². The number of hydrogen-bond acceptors (Lipinski definition) is 0. The van der Waals surface area contributed by atoms with Crippen LogP contribution in [0.15, 0.2) is 73.4 Å². The van der Waals surface area contributed by atoms with E-state index in [1.165, 1.54) is 82.6 Å². The van der Waals surface area contributed by atoms with Crippen molar-refractivity contribution < 1.29 is 0 Å². The van der Waals surface area contributed by atoms with Crippen molar-refractivity contribution in [1.29, 1.82) is 0 Å². The average molecular weight is 577 g/mol. The van der Waals surface area contributed by atoms with Crippen LogP contribution < -0.4 is 0 Å². The van der Waals surface area contributed by atoms with Crippen molar-refractivity contribution in [3.8, 4) is 0 Å². The Balaban J connectivity index is 0.000000316. The summed E-state index contributed by atoms with van der Waals surface area (Å²) in [5.41, 5.74) is 3.00. The van der Waals surface area contributed by atoms with Crippen LogP contribution in [0.5, 0.6) is 0 Å². The summed E-state index contributed by atoms with van der Waals surface area (Å²) in [7, 11) is 0. The van der Waals surface area contributed by atoms with Crippen molar-refractivity contribution in [3.05, 3.63) is 73.4 Å². The number of hydrogen-bond donors (Lipinski definition) is 0. The highest BCUT2D eigenvalue weighted by Gasteiger charge is 2.35. The Labute approximate surface area is 265 Å². The molecule has 0 nitrogen and oxygen atoms in total. The van der Waals surface area contributed by atoms with Gasteiger partial charge in [-0.2, -0.15) is 0 Å². The quantitative estimate of drug-likeness (QED) is 0.160. The molecule has 0 spiro atoms. The van der Waals surface area contributed by atoms with E-state index in [1.54, 1.807) is 5.57 Å². The third-order valence-corrected chi connectivity index (χ3v) is 10.4. The molecule has 42 heavy (non-hydrogen) atoms. The second kappa shape index (κ2) is 22.0. The summed E-state index contributed by atoms with van der Waals surface area (Å²) >= 11 is 0. The number of rotatable bonds is 12. The highest BCUT2D eigenvalue weighted by molar-refractivity contribution is 5.15. The number of fused-ring (bicyclic) bond motifs is 1. The van der Waals surface area contributed by atoms with Gasteiger partial charge in [0.25, 0.3) is 0 Å². The van der Waals surface area contributed by atoms with Crippen LogP contribution in [-0.4, -0.2) is 0 Å². The van der Waals surface area contributed by atoms with Crippen molar-refractivity contribution in [2.24, 2.45) is 53.3 Å². The van der Waals surface area contributed by atoms with Crippen molar-refractivity contribution in [2.75, 3.05) is 0 Å². The normalized spacial score (nSPS) is 28.1. The molecule has 3 rings (SSSR count). The van der Waals surface area contributed by atoms with Gasteiger partial charge in [-0.25, -0.2) is 0 Å². The van der Waals surface area contributed by atoms with Gasteiger partial charge in [-0.1, -0.05) is 122 Å². The van der Waals surface area contributed by atoms with E-state index in [0.29, 0.717) is 11.8 Å². The first kappa shape index (κ1) is 38.5. The van der Waals surface area contributed by atoms with Crippen molar-refractivity contribution in [2.45, 2.75) is 139 Å². The molecule has 6 atom stereocenters. The molecule has 0 aromatic carbocycles. The van der Waals surface area contributed by atoms with Crippen LogP contribution in [0, 0.1) is 53.3 Å². The standard InChI is InChI=1S/C15H26.C14H24.C13H22/c1-11(2)4-6-13-7-9-15-12(3)5-8-14(15)10-13;1-5-14(4)12-10-8-6-7-9-11-13(2)3;1-5-11-7-8-13(10(3)4)9-12(11)6-2/h11,13-15H,3-10H2,1-2H3;6-8,10,12-13H,5,9,11H2,1-4H3;5-6,10-13H,1-2,7-9H2,3-4H3/b;7-6+,10-8+,14-12+;. The predicted molar refractivity (Wildman–Crippen MR) is 193 cm³/mol. The first-order valence-corrected chi connectivity index (χ1v) is 17.9. The molecule has 0 aromatic rings. The van der Waals surface area contributed by atoms with Gasteiger partial charge in [-0.05, 0) is 131 Å². The lowest BCUT2D eigenvalue weighted by Crippen LogP contribution is -2.24. The first-order valence-electron chi connectivity index (χ1n) is 17.9. The molecule has 3 aliphatic rings. The largest absolute Gasteiger partial charge is 0.103 e. The van der Waals surface area contributed by atoms with Crippen LogP contribution in [0.4, 0.5) is 0 Å². The van der Waals surface area contributed by atoms with Crippen LogP contribution in [0.25, 0.3) is 0 Å². The average Bonchev–Trinajstić information content (AvgIpc) is 3.35. The van der Waals surface area contributed by atoms with E-state index in [1.807, 2.05) is 0 Å². The smallest absolute Gasteiger partial charge is 0.0171 e. The van der Waals surface area contributed by atoms with E-state index in [2.05, 4.69) is 118 Å². The number of allylic oxidation sites excluding steroid dienone is 9. The SMILES string of the molecule is C=C1CCC2CC(CCC(C)C)CCC12.C=CC1CCC(C(C)C)CC1C=C.CC/C(C)=C/C=C/C=C/CCC(C)C.